The van der Waals surface area contributed by atoms with Crippen molar-refractivity contribution >= 4 is 43.8 Å². The molecule has 10 rings (SSSR count). The molecule has 0 bridgehead atoms. The van der Waals surface area contributed by atoms with Crippen LogP contribution in [0, 0.1) is 12.1 Å². The number of para-hydroxylation sites is 1. The molecule has 1 radical (unpaired) electrons. The van der Waals surface area contributed by atoms with Gasteiger partial charge in [0.05, 0.1) is 11.1 Å². The van der Waals surface area contributed by atoms with Crippen LogP contribution in [0.4, 0.5) is 0 Å². The van der Waals surface area contributed by atoms with Crippen molar-refractivity contribution in [3.8, 4) is 45.0 Å². The molecule has 57 heavy (non-hydrogen) atoms. The molecule has 3 aromatic heterocycles. The van der Waals surface area contributed by atoms with Gasteiger partial charge in [0.1, 0.15) is 17.1 Å². The van der Waals surface area contributed by atoms with Gasteiger partial charge in [-0.15, -0.1) is 54.1 Å². The van der Waals surface area contributed by atoms with Gasteiger partial charge in [0.15, 0.2) is 0 Å². The molecule has 3 heterocycles. The van der Waals surface area contributed by atoms with Crippen LogP contribution in [0.1, 0.15) is 50.7 Å². The van der Waals surface area contributed by atoms with Gasteiger partial charge < -0.3 is 13.8 Å². The summed E-state index contributed by atoms with van der Waals surface area (Å²) in [5.74, 6) is 1.15. The van der Waals surface area contributed by atoms with Crippen molar-refractivity contribution in [2.45, 2.75) is 39.5 Å². The number of aromatic nitrogens is 2. The maximum atomic E-state index is 6.70. The molecule has 0 spiro atoms. The van der Waals surface area contributed by atoms with Crippen LogP contribution in [0.5, 0.6) is 0 Å². The van der Waals surface area contributed by atoms with E-state index in [4.69, 9.17) is 13.8 Å². The van der Waals surface area contributed by atoms with E-state index >= 15 is 0 Å². The fourth-order valence-electron chi connectivity index (χ4n) is 7.62. The number of furan rings is 1. The summed E-state index contributed by atoms with van der Waals surface area (Å²) in [6.45, 7) is 9.07. The minimum absolute atomic E-state index is 0. The summed E-state index contributed by atoms with van der Waals surface area (Å²) in [7, 11) is 0. The van der Waals surface area contributed by atoms with E-state index in [9.17, 15) is 0 Å². The molecule has 0 aliphatic carbocycles. The van der Waals surface area contributed by atoms with Crippen LogP contribution < -0.4 is 0 Å². The maximum Gasteiger partial charge on any atom is 0.149 e. The van der Waals surface area contributed by atoms with E-state index < -0.39 is 0 Å². The molecule has 4 nitrogen and oxygen atoms in total. The van der Waals surface area contributed by atoms with Gasteiger partial charge in [0, 0.05) is 37.3 Å². The van der Waals surface area contributed by atoms with Crippen LogP contribution in [0.15, 0.2) is 167 Å². The second kappa shape index (κ2) is 16.2. The van der Waals surface area contributed by atoms with Crippen molar-refractivity contribution < 1.29 is 28.9 Å². The third-order valence-corrected chi connectivity index (χ3v) is 10.4. The van der Waals surface area contributed by atoms with Crippen molar-refractivity contribution in [2.24, 2.45) is 0 Å². The Labute approximate surface area is 346 Å². The van der Waals surface area contributed by atoms with E-state index in [1.54, 1.807) is 6.20 Å². The van der Waals surface area contributed by atoms with Gasteiger partial charge >= 0.3 is 0 Å². The molecule has 0 N–H and O–H groups in total. The summed E-state index contributed by atoms with van der Waals surface area (Å²) < 4.78 is 13.2. The predicted molar refractivity (Wildman–Crippen MR) is 231 cm³/mol. The zero-order valence-electron chi connectivity index (χ0n) is 32.2. The van der Waals surface area contributed by atoms with Crippen LogP contribution >= 0.6 is 0 Å². The van der Waals surface area contributed by atoms with E-state index in [-0.39, 0.29) is 20.1 Å². The fourth-order valence-corrected chi connectivity index (χ4v) is 7.62. The second-order valence-electron chi connectivity index (χ2n) is 14.8. The predicted octanol–water partition coefficient (Wildman–Crippen LogP) is 14.5. The Morgan fingerprint density at radius 2 is 1.28 bits per heavy atom. The van der Waals surface area contributed by atoms with Crippen LogP contribution in [-0.2, 0) is 20.1 Å². The van der Waals surface area contributed by atoms with E-state index in [1.165, 1.54) is 33.2 Å². The first-order valence-corrected chi connectivity index (χ1v) is 19.2. The molecule has 0 saturated heterocycles. The standard InChI is InChI=1S/C41H32NO2.C11H8N.Ir/c1-24(2)33-21-29(26-12-6-5-7-13-26)22-34(25(3)4)38(33)31-17-11-19-36-40(31)44-41(42-36)32-18-10-16-30-35-20-27-14-8-9-15-28(27)23-37(35)43-39(30)32;1-2-6-10(7-3-1)11-8-4-5-9-12-11;/h5-17,19-25H,1-4H3;1-6,8-9H;/q2*-1;. The number of hydrogen-bond donors (Lipinski definition) is 0. The van der Waals surface area contributed by atoms with Crippen molar-refractivity contribution in [3.63, 3.8) is 0 Å². The minimum atomic E-state index is 0. The second-order valence-corrected chi connectivity index (χ2v) is 14.8. The molecule has 0 unspecified atom stereocenters. The number of hydrogen-bond acceptors (Lipinski definition) is 4. The van der Waals surface area contributed by atoms with Crippen molar-refractivity contribution in [1.29, 1.82) is 0 Å². The Kier molecular flexibility index (Phi) is 10.7. The molecule has 0 fully saturated rings. The third-order valence-electron chi connectivity index (χ3n) is 10.4. The zero-order valence-corrected chi connectivity index (χ0v) is 34.6. The molecule has 0 amide bonds. The Morgan fingerprint density at radius 3 is 1.98 bits per heavy atom. The zero-order chi connectivity index (χ0) is 38.2. The van der Waals surface area contributed by atoms with E-state index in [1.807, 2.05) is 54.6 Å². The first-order chi connectivity index (χ1) is 27.4. The first kappa shape index (κ1) is 37.8. The summed E-state index contributed by atoms with van der Waals surface area (Å²) in [4.78, 5) is 9.22. The van der Waals surface area contributed by atoms with Crippen molar-refractivity contribution in [1.82, 2.24) is 9.97 Å². The van der Waals surface area contributed by atoms with Gasteiger partial charge in [-0.05, 0) is 85.9 Å². The number of oxazole rings is 1. The number of pyridine rings is 1. The Hall–Kier alpha value is -6.13. The van der Waals surface area contributed by atoms with E-state index in [0.29, 0.717) is 17.7 Å². The molecular weight excluding hydrogens is 877 g/mol. The van der Waals surface area contributed by atoms with Gasteiger partial charge in [-0.25, -0.2) is 0 Å². The van der Waals surface area contributed by atoms with E-state index in [0.717, 1.165) is 60.8 Å². The molecule has 0 aliphatic rings. The van der Waals surface area contributed by atoms with Gasteiger partial charge in [-0.2, -0.15) is 0 Å². The SMILES string of the molecule is CC(C)c1cc(-c2ccccc2)cc(C(C)C)c1-c1cccc2nc(-c3[c-]ccc4c3oc3cc5ccccc5cc34)oc12.[Ir].[c-]1ccccc1-c1ccccn1. The van der Waals surface area contributed by atoms with Crippen molar-refractivity contribution in [3.05, 3.63) is 181 Å². The summed E-state index contributed by atoms with van der Waals surface area (Å²) in [5.41, 5.74) is 13.3. The van der Waals surface area contributed by atoms with Gasteiger partial charge in [0.25, 0.3) is 0 Å². The first-order valence-electron chi connectivity index (χ1n) is 19.2. The fraction of sp³-hybridized carbons (Fsp3) is 0.115. The monoisotopic (exact) mass is 917 g/mol. The van der Waals surface area contributed by atoms with Crippen LogP contribution in [0.3, 0.4) is 0 Å². The average Bonchev–Trinajstić information content (AvgIpc) is 3.85. The molecule has 0 atom stereocenters. The largest absolute Gasteiger partial charge is 0.500 e. The molecular formula is C52H40IrN2O2-2. The maximum absolute atomic E-state index is 6.70. The molecule has 0 aliphatic heterocycles. The van der Waals surface area contributed by atoms with Gasteiger partial charge in [-0.3, -0.25) is 4.98 Å². The summed E-state index contributed by atoms with van der Waals surface area (Å²) in [5, 5.41) is 4.44. The topological polar surface area (TPSA) is 52.1 Å². The molecule has 10 aromatic rings. The quantitative estimate of drug-likeness (QED) is 0.156. The van der Waals surface area contributed by atoms with Gasteiger partial charge in [0.2, 0.25) is 0 Å². The minimum Gasteiger partial charge on any atom is -0.500 e. The van der Waals surface area contributed by atoms with Crippen LogP contribution in [-0.4, -0.2) is 9.97 Å². The Bertz CT molecular complexity index is 2900. The summed E-state index contributed by atoms with van der Waals surface area (Å²) in [6, 6.07) is 58.5. The number of rotatable bonds is 6. The summed E-state index contributed by atoms with van der Waals surface area (Å²) >= 11 is 0. The number of nitrogens with zero attached hydrogens (tertiary/aromatic N) is 2. The Morgan fingerprint density at radius 1 is 0.561 bits per heavy atom. The smallest absolute Gasteiger partial charge is 0.149 e. The molecule has 5 heteroatoms. The van der Waals surface area contributed by atoms with Gasteiger partial charge in [-0.1, -0.05) is 124 Å². The van der Waals surface area contributed by atoms with E-state index in [2.05, 4.69) is 142 Å². The molecule has 281 valence electrons. The number of fused-ring (bicyclic) bond motifs is 5. The summed E-state index contributed by atoms with van der Waals surface area (Å²) in [6.07, 6.45) is 1.79. The third kappa shape index (κ3) is 7.33. The van der Waals surface area contributed by atoms with Crippen molar-refractivity contribution in [2.75, 3.05) is 0 Å². The number of benzene rings is 7. The molecule has 7 aromatic carbocycles. The Balaban J connectivity index is 0.000000300. The van der Waals surface area contributed by atoms with Crippen LogP contribution in [0.25, 0.3) is 88.8 Å². The molecule has 0 saturated carbocycles. The van der Waals surface area contributed by atoms with Crippen LogP contribution in [0.2, 0.25) is 0 Å². The average molecular weight is 917 g/mol. The normalized spacial score (nSPS) is 11.3.